The first kappa shape index (κ1) is 29.5. The summed E-state index contributed by atoms with van der Waals surface area (Å²) in [6.07, 6.45) is 16.5. The Kier molecular flexibility index (Phi) is 13.5. The second kappa shape index (κ2) is 17.4. The third-order valence-corrected chi connectivity index (χ3v) is 7.03. The van der Waals surface area contributed by atoms with Gasteiger partial charge in [0.1, 0.15) is 11.5 Å². The zero-order valence-corrected chi connectivity index (χ0v) is 23.6. The van der Waals surface area contributed by atoms with E-state index in [1.165, 1.54) is 81.8 Å². The third kappa shape index (κ3) is 10.7. The first-order chi connectivity index (χ1) is 18.7. The highest BCUT2D eigenvalue weighted by molar-refractivity contribution is 5.91. The summed E-state index contributed by atoms with van der Waals surface area (Å²) in [5.74, 6) is 0.971. The molecule has 0 aliphatic rings. The molecule has 0 aliphatic heterocycles. The Labute approximate surface area is 230 Å². The van der Waals surface area contributed by atoms with Gasteiger partial charge in [0.05, 0.1) is 12.2 Å². The molecular formula is C35H46O3. The molecule has 0 atom stereocenters. The van der Waals surface area contributed by atoms with E-state index in [0.717, 1.165) is 24.2 Å². The molecule has 3 aromatic rings. The fourth-order valence-corrected chi connectivity index (χ4v) is 4.61. The van der Waals surface area contributed by atoms with E-state index < -0.39 is 0 Å². The van der Waals surface area contributed by atoms with Crippen molar-refractivity contribution in [3.05, 3.63) is 83.9 Å². The molecule has 0 fully saturated rings. The van der Waals surface area contributed by atoms with Gasteiger partial charge < -0.3 is 9.47 Å². The fraction of sp³-hybridized carbons (Fsp3) is 0.457. The van der Waals surface area contributed by atoms with Gasteiger partial charge in [0.25, 0.3) is 0 Å². The van der Waals surface area contributed by atoms with Crippen molar-refractivity contribution >= 4 is 5.97 Å². The molecule has 0 saturated heterocycles. The minimum Gasteiger partial charge on any atom is -0.494 e. The first-order valence-electron chi connectivity index (χ1n) is 14.8. The maximum atomic E-state index is 12.6. The number of aryl methyl sites for hydroxylation is 1. The van der Waals surface area contributed by atoms with Crippen molar-refractivity contribution in [2.45, 2.75) is 97.3 Å². The molecule has 0 N–H and O–H groups in total. The number of hydrogen-bond acceptors (Lipinski definition) is 3. The van der Waals surface area contributed by atoms with Crippen LogP contribution in [0.15, 0.2) is 72.8 Å². The van der Waals surface area contributed by atoms with Crippen LogP contribution in [0.2, 0.25) is 0 Å². The molecule has 204 valence electrons. The second-order valence-electron chi connectivity index (χ2n) is 10.3. The Bertz CT molecular complexity index is 1040. The molecule has 3 rings (SSSR count). The Hall–Kier alpha value is -3.07. The van der Waals surface area contributed by atoms with Gasteiger partial charge in [-0.15, -0.1) is 0 Å². The summed E-state index contributed by atoms with van der Waals surface area (Å²) >= 11 is 0. The van der Waals surface area contributed by atoms with Crippen LogP contribution in [0.3, 0.4) is 0 Å². The molecule has 3 heteroatoms. The number of carbonyl (C=O) groups is 1. The van der Waals surface area contributed by atoms with E-state index in [9.17, 15) is 4.79 Å². The van der Waals surface area contributed by atoms with Crippen molar-refractivity contribution in [1.82, 2.24) is 0 Å². The summed E-state index contributed by atoms with van der Waals surface area (Å²) in [6.45, 7) is 5.20. The highest BCUT2D eigenvalue weighted by Crippen LogP contribution is 2.24. The average molecular weight is 515 g/mol. The topological polar surface area (TPSA) is 35.5 Å². The number of hydrogen-bond donors (Lipinski definition) is 0. The van der Waals surface area contributed by atoms with Gasteiger partial charge in [0.15, 0.2) is 0 Å². The van der Waals surface area contributed by atoms with E-state index in [0.29, 0.717) is 17.9 Å². The van der Waals surface area contributed by atoms with Gasteiger partial charge in [-0.3, -0.25) is 0 Å². The number of ether oxygens (including phenoxy) is 2. The van der Waals surface area contributed by atoms with E-state index in [-0.39, 0.29) is 5.97 Å². The first-order valence-corrected chi connectivity index (χ1v) is 14.8. The smallest absolute Gasteiger partial charge is 0.343 e. The van der Waals surface area contributed by atoms with Crippen LogP contribution in [-0.2, 0) is 6.42 Å². The van der Waals surface area contributed by atoms with Crippen molar-refractivity contribution in [3.8, 4) is 22.6 Å². The van der Waals surface area contributed by atoms with Crippen LogP contribution in [0.4, 0.5) is 0 Å². The Balaban J connectivity index is 1.41. The molecular weight excluding hydrogens is 468 g/mol. The van der Waals surface area contributed by atoms with Crippen LogP contribution < -0.4 is 9.47 Å². The zero-order valence-electron chi connectivity index (χ0n) is 23.6. The van der Waals surface area contributed by atoms with Gasteiger partial charge in [0.2, 0.25) is 0 Å². The van der Waals surface area contributed by atoms with Crippen LogP contribution in [0.25, 0.3) is 11.1 Å². The molecule has 0 unspecified atom stereocenters. The van der Waals surface area contributed by atoms with Gasteiger partial charge in [-0.05, 0) is 72.4 Å². The zero-order chi connectivity index (χ0) is 26.8. The molecule has 0 bridgehead atoms. The van der Waals surface area contributed by atoms with Crippen molar-refractivity contribution in [3.63, 3.8) is 0 Å². The monoisotopic (exact) mass is 514 g/mol. The molecule has 3 nitrogen and oxygen atoms in total. The number of rotatable bonds is 18. The van der Waals surface area contributed by atoms with Crippen molar-refractivity contribution in [2.24, 2.45) is 0 Å². The molecule has 3 aromatic carbocycles. The van der Waals surface area contributed by atoms with Crippen LogP contribution in [0.5, 0.6) is 11.5 Å². The minimum absolute atomic E-state index is 0.362. The fourth-order valence-electron chi connectivity index (χ4n) is 4.61. The third-order valence-electron chi connectivity index (χ3n) is 7.03. The molecule has 0 saturated carbocycles. The summed E-state index contributed by atoms with van der Waals surface area (Å²) in [6, 6.07) is 23.8. The van der Waals surface area contributed by atoms with E-state index in [2.05, 4.69) is 38.1 Å². The summed E-state index contributed by atoms with van der Waals surface area (Å²) in [7, 11) is 0. The Morgan fingerprint density at radius 2 is 1.05 bits per heavy atom. The summed E-state index contributed by atoms with van der Waals surface area (Å²) in [5.41, 5.74) is 4.20. The Morgan fingerprint density at radius 1 is 0.553 bits per heavy atom. The van der Waals surface area contributed by atoms with Gasteiger partial charge in [-0.1, -0.05) is 114 Å². The van der Waals surface area contributed by atoms with Crippen molar-refractivity contribution in [2.75, 3.05) is 6.61 Å². The highest BCUT2D eigenvalue weighted by atomic mass is 16.5. The lowest BCUT2D eigenvalue weighted by molar-refractivity contribution is 0.0734. The predicted molar refractivity (Wildman–Crippen MR) is 159 cm³/mol. The van der Waals surface area contributed by atoms with Crippen molar-refractivity contribution < 1.29 is 14.3 Å². The summed E-state index contributed by atoms with van der Waals surface area (Å²) in [4.78, 5) is 12.6. The molecule has 0 radical (unpaired) electrons. The quantitative estimate of drug-likeness (QED) is 0.0962. The normalized spacial score (nSPS) is 10.9. The van der Waals surface area contributed by atoms with Gasteiger partial charge in [0, 0.05) is 0 Å². The van der Waals surface area contributed by atoms with Crippen LogP contribution in [0, 0.1) is 0 Å². The van der Waals surface area contributed by atoms with Gasteiger partial charge >= 0.3 is 5.97 Å². The number of esters is 1. The van der Waals surface area contributed by atoms with Crippen molar-refractivity contribution in [1.29, 1.82) is 0 Å². The minimum atomic E-state index is -0.362. The SMILES string of the molecule is CCCCCCCCOc1ccc(C(=O)Oc2ccc(-c3ccc(CCCCCCCC)cc3)cc2)cc1. The van der Waals surface area contributed by atoms with Gasteiger partial charge in [-0.2, -0.15) is 0 Å². The number of benzene rings is 3. The number of carbonyl (C=O) groups excluding carboxylic acids is 1. The lowest BCUT2D eigenvalue weighted by atomic mass is 10.0. The van der Waals surface area contributed by atoms with Crippen LogP contribution >= 0.6 is 0 Å². The molecule has 38 heavy (non-hydrogen) atoms. The summed E-state index contributed by atoms with van der Waals surface area (Å²) < 4.78 is 11.4. The standard InChI is InChI=1S/C35H46O3/c1-3-5-7-9-11-13-15-29-16-18-30(19-17-29)31-20-26-34(27-21-31)38-35(36)32-22-24-33(25-23-32)37-28-14-12-10-8-6-4-2/h16-27H,3-15,28H2,1-2H3. The predicted octanol–water partition coefficient (Wildman–Crippen LogP) is 10.2. The highest BCUT2D eigenvalue weighted by Gasteiger charge is 2.09. The van der Waals surface area contributed by atoms with E-state index in [1.807, 2.05) is 36.4 Å². The lowest BCUT2D eigenvalue weighted by Gasteiger charge is -2.09. The van der Waals surface area contributed by atoms with E-state index in [4.69, 9.17) is 9.47 Å². The molecule has 0 heterocycles. The number of unbranched alkanes of at least 4 members (excludes halogenated alkanes) is 10. The maximum Gasteiger partial charge on any atom is 0.343 e. The van der Waals surface area contributed by atoms with Gasteiger partial charge in [-0.25, -0.2) is 4.79 Å². The van der Waals surface area contributed by atoms with Crippen LogP contribution in [-0.4, -0.2) is 12.6 Å². The van der Waals surface area contributed by atoms with E-state index in [1.54, 1.807) is 12.1 Å². The Morgan fingerprint density at radius 3 is 1.66 bits per heavy atom. The van der Waals surface area contributed by atoms with E-state index >= 15 is 0 Å². The molecule has 0 aliphatic carbocycles. The van der Waals surface area contributed by atoms with Crippen LogP contribution in [0.1, 0.15) is 107 Å². The molecule has 0 aromatic heterocycles. The largest absolute Gasteiger partial charge is 0.494 e. The molecule has 0 amide bonds. The molecule has 0 spiro atoms. The summed E-state index contributed by atoms with van der Waals surface area (Å²) in [5, 5.41) is 0. The lowest BCUT2D eigenvalue weighted by Crippen LogP contribution is -2.08. The average Bonchev–Trinajstić information content (AvgIpc) is 2.95. The maximum absolute atomic E-state index is 12.6. The second-order valence-corrected chi connectivity index (χ2v) is 10.3.